The molecule has 1 amide bonds. The number of halogens is 3. The number of aromatic nitrogens is 1. The van der Waals surface area contributed by atoms with Crippen LogP contribution in [0.15, 0.2) is 52.9 Å². The molecule has 0 saturated heterocycles. The number of methoxy groups -OCH3 is 1. The normalized spacial score (nSPS) is 11.0. The van der Waals surface area contributed by atoms with Crippen LogP contribution in [-0.2, 0) is 11.0 Å². The van der Waals surface area contributed by atoms with Gasteiger partial charge in [0, 0.05) is 0 Å². The quantitative estimate of drug-likeness (QED) is 0.334. The molecule has 33 heavy (non-hydrogen) atoms. The highest BCUT2D eigenvalue weighted by molar-refractivity contribution is 8.00. The van der Waals surface area contributed by atoms with E-state index in [9.17, 15) is 23.2 Å². The molecule has 3 rings (SSSR count). The Labute approximate surface area is 196 Å². The lowest BCUT2D eigenvalue weighted by Gasteiger charge is -2.14. The van der Waals surface area contributed by atoms with Crippen molar-refractivity contribution in [2.24, 2.45) is 0 Å². The van der Waals surface area contributed by atoms with Gasteiger partial charge in [0.2, 0.25) is 5.91 Å². The van der Waals surface area contributed by atoms with Gasteiger partial charge in [-0.25, -0.2) is 4.98 Å². The first-order valence-electron chi connectivity index (χ1n) is 9.55. The van der Waals surface area contributed by atoms with Gasteiger partial charge in [0.05, 0.1) is 41.1 Å². The van der Waals surface area contributed by atoms with Gasteiger partial charge < -0.3 is 14.8 Å². The number of nitriles is 1. The standard InChI is InChI=1S/C22H18F3N3O3S2/c1-30-17-5-2-3-6-18(17)31-9-8-27-20(29)13-33-21-14(12-26)15(22(23,24)25)11-16(28-21)19-7-4-10-32-19/h2-7,10-11H,8-9,13H2,1H3,(H,27,29). The van der Waals surface area contributed by atoms with E-state index in [1.807, 2.05) is 0 Å². The number of alkyl halides is 3. The predicted octanol–water partition coefficient (Wildman–Crippen LogP) is 5.00. The van der Waals surface area contributed by atoms with Crippen LogP contribution in [0.1, 0.15) is 11.1 Å². The Bertz CT molecular complexity index is 1150. The Hall–Kier alpha value is -3.23. The summed E-state index contributed by atoms with van der Waals surface area (Å²) in [5, 5.41) is 13.5. The van der Waals surface area contributed by atoms with Crippen molar-refractivity contribution in [3.8, 4) is 28.1 Å². The van der Waals surface area contributed by atoms with E-state index in [4.69, 9.17) is 9.47 Å². The third-order valence-electron chi connectivity index (χ3n) is 4.27. The maximum Gasteiger partial charge on any atom is 0.417 e. The first-order chi connectivity index (χ1) is 15.8. The molecule has 0 spiro atoms. The van der Waals surface area contributed by atoms with Crippen LogP contribution in [0, 0.1) is 11.3 Å². The van der Waals surface area contributed by atoms with Crippen molar-refractivity contribution < 1.29 is 27.4 Å². The fourth-order valence-corrected chi connectivity index (χ4v) is 4.30. The molecule has 0 aliphatic carbocycles. The number of nitrogens with one attached hydrogen (secondary N) is 1. The number of pyridine rings is 1. The van der Waals surface area contributed by atoms with E-state index in [-0.39, 0.29) is 29.6 Å². The van der Waals surface area contributed by atoms with Crippen LogP contribution in [0.5, 0.6) is 11.5 Å². The number of thioether (sulfide) groups is 1. The van der Waals surface area contributed by atoms with Gasteiger partial charge in [0.1, 0.15) is 17.7 Å². The van der Waals surface area contributed by atoms with Gasteiger partial charge >= 0.3 is 6.18 Å². The zero-order valence-electron chi connectivity index (χ0n) is 17.3. The van der Waals surface area contributed by atoms with Gasteiger partial charge in [-0.05, 0) is 29.6 Å². The molecule has 0 radical (unpaired) electrons. The molecular formula is C22H18F3N3O3S2. The average molecular weight is 494 g/mol. The molecule has 0 fully saturated rings. The van der Waals surface area contributed by atoms with Crippen LogP contribution in [0.4, 0.5) is 13.2 Å². The predicted molar refractivity (Wildman–Crippen MR) is 119 cm³/mol. The summed E-state index contributed by atoms with van der Waals surface area (Å²) < 4.78 is 51.4. The maximum absolute atomic E-state index is 13.5. The summed E-state index contributed by atoms with van der Waals surface area (Å²) in [6.07, 6.45) is -4.73. The first kappa shape index (κ1) is 24.4. The highest BCUT2D eigenvalue weighted by Crippen LogP contribution is 2.38. The minimum absolute atomic E-state index is 0.101. The van der Waals surface area contributed by atoms with E-state index < -0.39 is 23.2 Å². The Balaban J connectivity index is 1.64. The summed E-state index contributed by atoms with van der Waals surface area (Å²) in [4.78, 5) is 17.0. The van der Waals surface area contributed by atoms with Crippen molar-refractivity contribution in [3.05, 3.63) is 59.0 Å². The summed E-state index contributed by atoms with van der Waals surface area (Å²) in [5.74, 6) is 0.447. The Kier molecular flexibility index (Phi) is 8.19. The molecule has 2 aromatic heterocycles. The number of thiophene rings is 1. The van der Waals surface area contributed by atoms with Gasteiger partial charge in [-0.1, -0.05) is 30.0 Å². The first-order valence-corrected chi connectivity index (χ1v) is 11.4. The van der Waals surface area contributed by atoms with Gasteiger partial charge in [-0.3, -0.25) is 4.79 Å². The molecule has 0 aliphatic heterocycles. The van der Waals surface area contributed by atoms with Crippen molar-refractivity contribution in [2.75, 3.05) is 26.0 Å². The number of rotatable bonds is 9. The molecule has 0 bridgehead atoms. The molecule has 0 atom stereocenters. The Morgan fingerprint density at radius 1 is 1.24 bits per heavy atom. The van der Waals surface area contributed by atoms with Crippen molar-refractivity contribution in [1.82, 2.24) is 10.3 Å². The highest BCUT2D eigenvalue weighted by atomic mass is 32.2. The number of carbonyl (C=O) groups excluding carboxylic acids is 1. The lowest BCUT2D eigenvalue weighted by Crippen LogP contribution is -2.29. The molecule has 0 aliphatic rings. The van der Waals surface area contributed by atoms with Gasteiger partial charge in [-0.2, -0.15) is 18.4 Å². The highest BCUT2D eigenvalue weighted by Gasteiger charge is 2.36. The Morgan fingerprint density at radius 3 is 2.64 bits per heavy atom. The van der Waals surface area contributed by atoms with Gasteiger partial charge in [0.25, 0.3) is 0 Å². The number of benzene rings is 1. The Morgan fingerprint density at radius 2 is 2.00 bits per heavy atom. The third-order valence-corrected chi connectivity index (χ3v) is 6.14. The molecule has 172 valence electrons. The van der Waals surface area contributed by atoms with Crippen LogP contribution in [0.3, 0.4) is 0 Å². The smallest absolute Gasteiger partial charge is 0.417 e. The SMILES string of the molecule is COc1ccccc1OCCNC(=O)CSc1nc(-c2cccs2)cc(C(F)(F)F)c1C#N. The number of carbonyl (C=O) groups is 1. The number of ether oxygens (including phenoxy) is 2. The van der Waals surface area contributed by atoms with Crippen LogP contribution in [0.2, 0.25) is 0 Å². The monoisotopic (exact) mass is 493 g/mol. The zero-order chi connectivity index (χ0) is 23.8. The summed E-state index contributed by atoms with van der Waals surface area (Å²) in [6.45, 7) is 0.351. The maximum atomic E-state index is 13.5. The molecule has 1 aromatic carbocycles. The minimum Gasteiger partial charge on any atom is -0.493 e. The van der Waals surface area contributed by atoms with E-state index in [1.165, 1.54) is 18.4 Å². The van der Waals surface area contributed by atoms with Crippen molar-refractivity contribution in [3.63, 3.8) is 0 Å². The molecule has 0 saturated carbocycles. The van der Waals surface area contributed by atoms with Gasteiger partial charge in [-0.15, -0.1) is 11.3 Å². The van der Waals surface area contributed by atoms with E-state index in [2.05, 4.69) is 10.3 Å². The number of hydrogen-bond acceptors (Lipinski definition) is 7. The third kappa shape index (κ3) is 6.40. The lowest BCUT2D eigenvalue weighted by molar-refractivity contribution is -0.138. The van der Waals surface area contributed by atoms with Crippen LogP contribution in [-0.4, -0.2) is 36.9 Å². The zero-order valence-corrected chi connectivity index (χ0v) is 18.9. The number of hydrogen-bond donors (Lipinski definition) is 1. The van der Waals surface area contributed by atoms with Gasteiger partial charge in [0.15, 0.2) is 11.5 Å². The van der Waals surface area contributed by atoms with E-state index in [1.54, 1.807) is 47.8 Å². The number of nitrogens with zero attached hydrogens (tertiary/aromatic N) is 2. The molecule has 11 heteroatoms. The summed E-state index contributed by atoms with van der Waals surface area (Å²) in [5.41, 5.74) is -1.57. The largest absolute Gasteiger partial charge is 0.493 e. The second-order valence-corrected chi connectivity index (χ2v) is 8.37. The molecule has 2 heterocycles. The minimum atomic E-state index is -4.73. The lowest BCUT2D eigenvalue weighted by atomic mass is 10.1. The summed E-state index contributed by atoms with van der Waals surface area (Å²) in [6, 6.07) is 12.8. The fourth-order valence-electron chi connectivity index (χ4n) is 2.78. The topological polar surface area (TPSA) is 84.2 Å². The van der Waals surface area contributed by atoms with Crippen molar-refractivity contribution in [1.29, 1.82) is 5.26 Å². The van der Waals surface area contributed by atoms with E-state index in [0.717, 1.165) is 17.8 Å². The molecule has 6 nitrogen and oxygen atoms in total. The van der Waals surface area contributed by atoms with Crippen LogP contribution in [0.25, 0.3) is 10.6 Å². The second kappa shape index (κ2) is 11.1. The summed E-state index contributed by atoms with van der Waals surface area (Å²) >= 11 is 2.01. The second-order valence-electron chi connectivity index (χ2n) is 6.46. The number of para-hydroxylation sites is 2. The van der Waals surface area contributed by atoms with E-state index in [0.29, 0.717) is 16.4 Å². The molecule has 3 aromatic rings. The van der Waals surface area contributed by atoms with Crippen molar-refractivity contribution in [2.45, 2.75) is 11.2 Å². The van der Waals surface area contributed by atoms with Crippen LogP contribution < -0.4 is 14.8 Å². The number of amides is 1. The molecule has 0 unspecified atom stereocenters. The molecule has 1 N–H and O–H groups in total. The summed E-state index contributed by atoms with van der Waals surface area (Å²) in [7, 11) is 1.52. The molecular weight excluding hydrogens is 475 g/mol. The van der Waals surface area contributed by atoms with Crippen molar-refractivity contribution >= 4 is 29.0 Å². The fraction of sp³-hybridized carbons (Fsp3) is 0.227. The average Bonchev–Trinajstić information content (AvgIpc) is 3.34. The van der Waals surface area contributed by atoms with E-state index >= 15 is 0 Å². The van der Waals surface area contributed by atoms with Crippen LogP contribution >= 0.6 is 23.1 Å².